The summed E-state index contributed by atoms with van der Waals surface area (Å²) in [6.45, 7) is 2.19. The second-order valence-corrected chi connectivity index (χ2v) is 4.50. The molecule has 106 valence electrons. The molecular formula is C17H15FN2O. The number of rotatable bonds is 2. The van der Waals surface area contributed by atoms with Crippen LogP contribution in [0.15, 0.2) is 42.5 Å². The fourth-order valence-corrected chi connectivity index (χ4v) is 1.83. The number of amides is 1. The quantitative estimate of drug-likeness (QED) is 0.832. The van der Waals surface area contributed by atoms with Gasteiger partial charge >= 0.3 is 0 Å². The van der Waals surface area contributed by atoms with E-state index in [0.29, 0.717) is 17.8 Å². The summed E-state index contributed by atoms with van der Waals surface area (Å²) in [5, 5.41) is 2.80. The summed E-state index contributed by atoms with van der Waals surface area (Å²) in [5.41, 5.74) is 8.17. The van der Waals surface area contributed by atoms with Crippen molar-refractivity contribution in [3.8, 4) is 11.8 Å². The first kappa shape index (κ1) is 14.8. The van der Waals surface area contributed by atoms with E-state index in [2.05, 4.69) is 17.2 Å². The number of nitrogens with two attached hydrogens (primary N) is 1. The minimum Gasteiger partial charge on any atom is -0.322 e. The Morgan fingerprint density at radius 1 is 1.24 bits per heavy atom. The highest BCUT2D eigenvalue weighted by Gasteiger charge is 2.07. The molecule has 0 spiro atoms. The lowest BCUT2D eigenvalue weighted by atomic mass is 10.1. The van der Waals surface area contributed by atoms with Gasteiger partial charge in [0, 0.05) is 16.8 Å². The summed E-state index contributed by atoms with van der Waals surface area (Å²) in [6, 6.07) is 10.9. The molecule has 21 heavy (non-hydrogen) atoms. The van der Waals surface area contributed by atoms with Crippen LogP contribution in [0.1, 0.15) is 21.5 Å². The Balaban J connectivity index is 2.16. The van der Waals surface area contributed by atoms with Crippen LogP contribution >= 0.6 is 0 Å². The van der Waals surface area contributed by atoms with Gasteiger partial charge < -0.3 is 11.1 Å². The summed E-state index contributed by atoms with van der Waals surface area (Å²) >= 11 is 0. The van der Waals surface area contributed by atoms with Gasteiger partial charge in [0.2, 0.25) is 0 Å². The Morgan fingerprint density at radius 3 is 2.57 bits per heavy atom. The minimum absolute atomic E-state index is 0.279. The van der Waals surface area contributed by atoms with Crippen LogP contribution in [0.4, 0.5) is 10.1 Å². The monoisotopic (exact) mass is 282 g/mol. The van der Waals surface area contributed by atoms with Gasteiger partial charge in [-0.05, 0) is 55.0 Å². The molecule has 0 aliphatic carbocycles. The van der Waals surface area contributed by atoms with E-state index in [-0.39, 0.29) is 11.7 Å². The fraction of sp³-hybridized carbons (Fsp3) is 0.118. The third-order valence-electron chi connectivity index (χ3n) is 2.92. The van der Waals surface area contributed by atoms with E-state index in [0.717, 1.165) is 11.1 Å². The van der Waals surface area contributed by atoms with Gasteiger partial charge in [0.1, 0.15) is 5.82 Å². The highest BCUT2D eigenvalue weighted by atomic mass is 19.1. The van der Waals surface area contributed by atoms with Crippen molar-refractivity contribution >= 4 is 11.6 Å². The molecule has 4 heteroatoms. The zero-order valence-corrected chi connectivity index (χ0v) is 11.6. The highest BCUT2D eigenvalue weighted by molar-refractivity contribution is 6.04. The number of carbonyl (C=O) groups excluding carboxylic acids is 1. The molecule has 0 bridgehead atoms. The lowest BCUT2D eigenvalue weighted by Crippen LogP contribution is -2.12. The predicted molar refractivity (Wildman–Crippen MR) is 81.5 cm³/mol. The van der Waals surface area contributed by atoms with Crippen LogP contribution in [0.2, 0.25) is 0 Å². The molecule has 1 amide bonds. The van der Waals surface area contributed by atoms with Crippen molar-refractivity contribution in [1.82, 2.24) is 0 Å². The zero-order chi connectivity index (χ0) is 15.2. The normalized spacial score (nSPS) is 9.67. The van der Waals surface area contributed by atoms with Crippen LogP contribution in [0.25, 0.3) is 0 Å². The molecule has 0 aliphatic heterocycles. The topological polar surface area (TPSA) is 55.1 Å². The molecule has 0 saturated carbocycles. The van der Waals surface area contributed by atoms with Crippen molar-refractivity contribution in [2.45, 2.75) is 6.92 Å². The predicted octanol–water partition coefficient (Wildman–Crippen LogP) is 2.70. The third-order valence-corrected chi connectivity index (χ3v) is 2.92. The second-order valence-electron chi connectivity index (χ2n) is 4.50. The first-order valence-electron chi connectivity index (χ1n) is 6.46. The molecule has 0 heterocycles. The summed E-state index contributed by atoms with van der Waals surface area (Å²) < 4.78 is 12.8. The summed E-state index contributed by atoms with van der Waals surface area (Å²) in [6.07, 6.45) is 0. The Morgan fingerprint density at radius 2 is 1.95 bits per heavy atom. The molecule has 0 radical (unpaired) electrons. The Kier molecular flexibility index (Phi) is 4.70. The number of carbonyl (C=O) groups is 1. The number of hydrogen-bond donors (Lipinski definition) is 2. The van der Waals surface area contributed by atoms with Crippen molar-refractivity contribution in [2.75, 3.05) is 11.9 Å². The van der Waals surface area contributed by atoms with Gasteiger partial charge in [-0.15, -0.1) is 0 Å². The lowest BCUT2D eigenvalue weighted by molar-refractivity contribution is 0.102. The van der Waals surface area contributed by atoms with Gasteiger partial charge in [-0.25, -0.2) is 4.39 Å². The molecular weight excluding hydrogens is 267 g/mol. The van der Waals surface area contributed by atoms with E-state index < -0.39 is 0 Å². The maximum absolute atomic E-state index is 12.8. The van der Waals surface area contributed by atoms with E-state index >= 15 is 0 Å². The standard InChI is InChI=1S/C17H15FN2O/c1-12-11-13(3-2-10-19)4-9-16(12)20-17(21)14-5-7-15(18)8-6-14/h4-9,11H,10,19H2,1H3,(H,20,21). The average Bonchev–Trinajstić information content (AvgIpc) is 2.48. The van der Waals surface area contributed by atoms with Crippen LogP contribution in [0.5, 0.6) is 0 Å². The first-order chi connectivity index (χ1) is 10.1. The van der Waals surface area contributed by atoms with Gasteiger partial charge in [-0.2, -0.15) is 0 Å². The van der Waals surface area contributed by atoms with Gasteiger partial charge in [0.05, 0.1) is 6.54 Å². The largest absolute Gasteiger partial charge is 0.322 e. The number of aryl methyl sites for hydroxylation is 1. The maximum Gasteiger partial charge on any atom is 0.255 e. The Hall–Kier alpha value is -2.64. The molecule has 0 saturated heterocycles. The smallest absolute Gasteiger partial charge is 0.255 e. The molecule has 0 atom stereocenters. The molecule has 0 aromatic heterocycles. The van der Waals surface area contributed by atoms with Crippen LogP contribution < -0.4 is 11.1 Å². The molecule has 3 nitrogen and oxygen atoms in total. The molecule has 0 unspecified atom stereocenters. The molecule has 2 aromatic rings. The molecule has 2 aromatic carbocycles. The summed E-state index contributed by atoms with van der Waals surface area (Å²) in [4.78, 5) is 12.1. The van der Waals surface area contributed by atoms with Crippen LogP contribution in [-0.4, -0.2) is 12.5 Å². The van der Waals surface area contributed by atoms with Crippen LogP contribution in [0.3, 0.4) is 0 Å². The SMILES string of the molecule is Cc1cc(C#CCN)ccc1NC(=O)c1ccc(F)cc1. The van der Waals surface area contributed by atoms with Crippen LogP contribution in [0, 0.1) is 24.6 Å². The van der Waals surface area contributed by atoms with Crippen molar-refractivity contribution in [2.24, 2.45) is 5.73 Å². The molecule has 3 N–H and O–H groups in total. The van der Waals surface area contributed by atoms with E-state index in [1.54, 1.807) is 6.07 Å². The first-order valence-corrected chi connectivity index (χ1v) is 6.46. The third kappa shape index (κ3) is 3.91. The summed E-state index contributed by atoms with van der Waals surface area (Å²) in [7, 11) is 0. The number of hydrogen-bond acceptors (Lipinski definition) is 2. The van der Waals surface area contributed by atoms with Crippen molar-refractivity contribution in [3.63, 3.8) is 0 Å². The van der Waals surface area contributed by atoms with Crippen molar-refractivity contribution in [1.29, 1.82) is 0 Å². The molecule has 2 rings (SSSR count). The number of benzene rings is 2. The zero-order valence-electron chi connectivity index (χ0n) is 11.6. The Bertz CT molecular complexity index is 712. The van der Waals surface area contributed by atoms with Crippen molar-refractivity contribution < 1.29 is 9.18 Å². The fourth-order valence-electron chi connectivity index (χ4n) is 1.83. The second kappa shape index (κ2) is 6.69. The van der Waals surface area contributed by atoms with E-state index in [1.165, 1.54) is 24.3 Å². The van der Waals surface area contributed by atoms with E-state index in [4.69, 9.17) is 5.73 Å². The minimum atomic E-state index is -0.370. The van der Waals surface area contributed by atoms with Crippen LogP contribution in [-0.2, 0) is 0 Å². The van der Waals surface area contributed by atoms with Gasteiger partial charge in [0.15, 0.2) is 0 Å². The van der Waals surface area contributed by atoms with E-state index in [1.807, 2.05) is 19.1 Å². The number of anilines is 1. The number of nitrogens with one attached hydrogen (secondary N) is 1. The molecule has 0 aliphatic rings. The lowest BCUT2D eigenvalue weighted by Gasteiger charge is -2.09. The molecule has 0 fully saturated rings. The average molecular weight is 282 g/mol. The highest BCUT2D eigenvalue weighted by Crippen LogP contribution is 2.17. The van der Waals surface area contributed by atoms with Gasteiger partial charge in [-0.1, -0.05) is 11.8 Å². The Labute approximate surface area is 123 Å². The maximum atomic E-state index is 12.8. The number of halogens is 1. The van der Waals surface area contributed by atoms with Crippen molar-refractivity contribution in [3.05, 3.63) is 65.0 Å². The van der Waals surface area contributed by atoms with Gasteiger partial charge in [-0.3, -0.25) is 4.79 Å². The van der Waals surface area contributed by atoms with Gasteiger partial charge in [0.25, 0.3) is 5.91 Å². The summed E-state index contributed by atoms with van der Waals surface area (Å²) in [5.74, 6) is 5.06. The van der Waals surface area contributed by atoms with E-state index in [9.17, 15) is 9.18 Å².